The van der Waals surface area contributed by atoms with Crippen molar-refractivity contribution in [1.82, 2.24) is 15.2 Å². The largest absolute Gasteiger partial charge is 0.435 e. The molecule has 6 nitrogen and oxygen atoms in total. The van der Waals surface area contributed by atoms with Crippen LogP contribution in [0.3, 0.4) is 0 Å². The number of carbonyl (C=O) groups excluding carboxylic acids is 2. The minimum atomic E-state index is -2.87. The summed E-state index contributed by atoms with van der Waals surface area (Å²) in [7, 11) is 0. The maximum Gasteiger partial charge on any atom is 0.387 e. The normalized spacial score (nSPS) is 19.7. The van der Waals surface area contributed by atoms with E-state index in [4.69, 9.17) is 11.6 Å². The van der Waals surface area contributed by atoms with E-state index in [-0.39, 0.29) is 18.2 Å². The number of rotatable bonds is 7. The average molecular weight is 416 g/mol. The second-order valence-electron chi connectivity index (χ2n) is 6.26. The van der Waals surface area contributed by atoms with E-state index < -0.39 is 18.2 Å². The van der Waals surface area contributed by atoms with E-state index in [2.05, 4.69) is 15.0 Å². The van der Waals surface area contributed by atoms with Crippen LogP contribution in [0, 0.1) is 0 Å². The van der Waals surface area contributed by atoms with Gasteiger partial charge in [-0.3, -0.25) is 9.69 Å². The second-order valence-corrected chi connectivity index (χ2v) is 7.95. The van der Waals surface area contributed by atoms with Gasteiger partial charge in [0.15, 0.2) is 4.47 Å². The van der Waals surface area contributed by atoms with Gasteiger partial charge < -0.3 is 10.1 Å². The van der Waals surface area contributed by atoms with Crippen molar-refractivity contribution in [3.8, 4) is 5.75 Å². The van der Waals surface area contributed by atoms with Gasteiger partial charge in [-0.2, -0.15) is 8.78 Å². The van der Waals surface area contributed by atoms with Gasteiger partial charge in [-0.05, 0) is 37.5 Å². The fourth-order valence-corrected chi connectivity index (χ4v) is 3.77. The molecule has 144 valence electrons. The number of benzene rings is 1. The fraction of sp³-hybridized carbons (Fsp3) is 0.353. The maximum atomic E-state index is 12.7. The minimum Gasteiger partial charge on any atom is -0.435 e. The van der Waals surface area contributed by atoms with Gasteiger partial charge >= 0.3 is 12.6 Å². The van der Waals surface area contributed by atoms with Crippen LogP contribution < -0.4 is 10.1 Å². The summed E-state index contributed by atoms with van der Waals surface area (Å²) in [5, 5.41) is 2.73. The van der Waals surface area contributed by atoms with E-state index in [1.807, 2.05) is 0 Å². The van der Waals surface area contributed by atoms with Gasteiger partial charge in [-0.1, -0.05) is 23.7 Å². The van der Waals surface area contributed by atoms with E-state index in [9.17, 15) is 18.4 Å². The summed E-state index contributed by atoms with van der Waals surface area (Å²) in [6.45, 7) is -1.09. The van der Waals surface area contributed by atoms with Crippen LogP contribution in [0.4, 0.5) is 13.6 Å². The summed E-state index contributed by atoms with van der Waals surface area (Å²) in [4.78, 5) is 30.7. The first kappa shape index (κ1) is 19.5. The predicted octanol–water partition coefficient (Wildman–Crippen LogP) is 3.84. The van der Waals surface area contributed by atoms with Crippen molar-refractivity contribution >= 4 is 34.9 Å². The van der Waals surface area contributed by atoms with Gasteiger partial charge in [0.1, 0.15) is 11.3 Å². The highest BCUT2D eigenvalue weighted by Crippen LogP contribution is 2.27. The Hall–Kier alpha value is -2.26. The number of nitrogens with zero attached hydrogens (tertiary/aromatic N) is 2. The molecule has 1 aliphatic heterocycles. The first-order valence-corrected chi connectivity index (χ1v) is 9.24. The highest BCUT2D eigenvalue weighted by molar-refractivity contribution is 7.15. The van der Waals surface area contributed by atoms with E-state index in [0.29, 0.717) is 22.2 Å². The number of aromatic nitrogens is 1. The van der Waals surface area contributed by atoms with E-state index >= 15 is 0 Å². The number of nitrogens with one attached hydrogen (secondary N) is 1. The Kier molecular flexibility index (Phi) is 5.61. The molecule has 27 heavy (non-hydrogen) atoms. The number of aryl methyl sites for hydroxylation is 1. The van der Waals surface area contributed by atoms with Gasteiger partial charge in [0, 0.05) is 11.1 Å². The van der Waals surface area contributed by atoms with Crippen LogP contribution in [-0.4, -0.2) is 34.0 Å². The van der Waals surface area contributed by atoms with Crippen LogP contribution in [0.15, 0.2) is 30.5 Å². The number of hydrogen-bond acceptors (Lipinski definition) is 5. The molecule has 10 heteroatoms. The van der Waals surface area contributed by atoms with E-state index in [1.165, 1.54) is 29.7 Å². The number of urea groups is 1. The Morgan fingerprint density at radius 1 is 1.33 bits per heavy atom. The van der Waals surface area contributed by atoms with Gasteiger partial charge in [0.25, 0.3) is 5.91 Å². The maximum absolute atomic E-state index is 12.7. The molecule has 3 amide bonds. The molecule has 1 atom stereocenters. The molecule has 1 aromatic heterocycles. The van der Waals surface area contributed by atoms with Crippen LogP contribution in [-0.2, 0) is 17.8 Å². The molecule has 1 N–H and O–H groups in total. The van der Waals surface area contributed by atoms with E-state index in [0.717, 1.165) is 10.5 Å². The average Bonchev–Trinajstić information content (AvgIpc) is 3.11. The molecule has 1 aromatic carbocycles. The van der Waals surface area contributed by atoms with Crippen molar-refractivity contribution in [2.75, 3.05) is 0 Å². The van der Waals surface area contributed by atoms with Crippen molar-refractivity contribution in [3.05, 3.63) is 45.4 Å². The number of thiazole rings is 1. The predicted molar refractivity (Wildman–Crippen MR) is 96.0 cm³/mol. The highest BCUT2D eigenvalue weighted by atomic mass is 35.5. The standard InChI is InChI=1S/C17H16ClF2N3O3S/c1-17(7-6-10-2-4-11(5-3-10)26-15(19)20)13(24)23(16(25)22-17)9-12-8-21-14(18)27-12/h2-5,8,15H,6-7,9H2,1H3,(H,22,25)/t17-/m0/s1. The SMILES string of the molecule is C[C@@]1(CCc2ccc(OC(F)F)cc2)NC(=O)N(Cc2cnc(Cl)s2)C1=O. The van der Waals surface area contributed by atoms with Crippen molar-refractivity contribution in [3.63, 3.8) is 0 Å². The molecule has 2 aromatic rings. The summed E-state index contributed by atoms with van der Waals surface area (Å²) < 4.78 is 29.0. The first-order valence-electron chi connectivity index (χ1n) is 8.05. The quantitative estimate of drug-likeness (QED) is 0.697. The molecule has 0 radical (unpaired) electrons. The number of carbonyl (C=O) groups is 2. The molecular formula is C17H16ClF2N3O3S. The van der Waals surface area contributed by atoms with Crippen LogP contribution in [0.1, 0.15) is 23.8 Å². The third kappa shape index (κ3) is 4.54. The molecule has 0 saturated carbocycles. The summed E-state index contributed by atoms with van der Waals surface area (Å²) in [5.74, 6) is -0.255. The lowest BCUT2D eigenvalue weighted by Crippen LogP contribution is -2.44. The molecule has 3 rings (SSSR count). The van der Waals surface area contributed by atoms with Crippen LogP contribution >= 0.6 is 22.9 Å². The van der Waals surface area contributed by atoms with E-state index in [1.54, 1.807) is 19.1 Å². The van der Waals surface area contributed by atoms with Crippen molar-refractivity contribution in [2.45, 2.75) is 38.5 Å². The minimum absolute atomic E-state index is 0.0691. The lowest BCUT2D eigenvalue weighted by Gasteiger charge is -2.21. The highest BCUT2D eigenvalue weighted by Gasteiger charge is 2.47. The van der Waals surface area contributed by atoms with Crippen LogP contribution in [0.25, 0.3) is 0 Å². The van der Waals surface area contributed by atoms with Crippen molar-refractivity contribution in [2.24, 2.45) is 0 Å². The summed E-state index contributed by atoms with van der Waals surface area (Å²) in [6, 6.07) is 5.73. The zero-order valence-corrected chi connectivity index (χ0v) is 15.8. The topological polar surface area (TPSA) is 71.5 Å². The number of amides is 3. The molecular weight excluding hydrogens is 400 g/mol. The molecule has 1 saturated heterocycles. The third-order valence-electron chi connectivity index (χ3n) is 4.25. The monoisotopic (exact) mass is 415 g/mol. The number of halogens is 3. The lowest BCUT2D eigenvalue weighted by molar-refractivity contribution is -0.131. The molecule has 0 unspecified atom stereocenters. The van der Waals surface area contributed by atoms with Gasteiger partial charge in [-0.15, -0.1) is 11.3 Å². The Balaban J connectivity index is 1.62. The smallest absolute Gasteiger partial charge is 0.387 e. The molecule has 0 bridgehead atoms. The number of ether oxygens (including phenoxy) is 1. The molecule has 0 aliphatic carbocycles. The molecule has 0 spiro atoms. The molecule has 2 heterocycles. The second kappa shape index (κ2) is 7.77. The Labute approximate surface area is 163 Å². The molecule has 1 aliphatic rings. The molecule has 1 fully saturated rings. The third-order valence-corrected chi connectivity index (χ3v) is 5.35. The van der Waals surface area contributed by atoms with Crippen molar-refractivity contribution in [1.29, 1.82) is 0 Å². The van der Waals surface area contributed by atoms with Gasteiger partial charge in [0.05, 0.1) is 6.54 Å². The van der Waals surface area contributed by atoms with Crippen LogP contribution in [0.2, 0.25) is 4.47 Å². The zero-order chi connectivity index (χ0) is 19.6. The summed E-state index contributed by atoms with van der Waals surface area (Å²) >= 11 is 6.99. The number of hydrogen-bond donors (Lipinski definition) is 1. The first-order chi connectivity index (χ1) is 12.8. The fourth-order valence-electron chi connectivity index (χ4n) is 2.80. The Bertz CT molecular complexity index is 846. The Morgan fingerprint density at radius 2 is 2.04 bits per heavy atom. The Morgan fingerprint density at radius 3 is 2.63 bits per heavy atom. The van der Waals surface area contributed by atoms with Gasteiger partial charge in [-0.25, -0.2) is 9.78 Å². The zero-order valence-electron chi connectivity index (χ0n) is 14.2. The summed E-state index contributed by atoms with van der Waals surface area (Å²) in [5.41, 5.74) is -0.198. The van der Waals surface area contributed by atoms with Crippen LogP contribution in [0.5, 0.6) is 5.75 Å². The van der Waals surface area contributed by atoms with Crippen molar-refractivity contribution < 1.29 is 23.1 Å². The van der Waals surface area contributed by atoms with Gasteiger partial charge in [0.2, 0.25) is 0 Å². The number of imide groups is 1. The number of alkyl halides is 2. The lowest BCUT2D eigenvalue weighted by atomic mass is 9.93. The summed E-state index contributed by atoms with van der Waals surface area (Å²) in [6.07, 6.45) is 2.39.